The number of hydrogen-bond donors (Lipinski definition) is 0. The second-order valence-electron chi connectivity index (χ2n) is 6.83. The number of ether oxygens (including phenoxy) is 2. The van der Waals surface area contributed by atoms with Gasteiger partial charge in [-0.05, 0) is 43.2 Å². The van der Waals surface area contributed by atoms with E-state index in [0.717, 1.165) is 25.0 Å². The van der Waals surface area contributed by atoms with E-state index >= 15 is 0 Å². The van der Waals surface area contributed by atoms with Crippen LogP contribution in [0.5, 0.6) is 11.5 Å². The van der Waals surface area contributed by atoms with Crippen molar-refractivity contribution in [3.63, 3.8) is 0 Å². The van der Waals surface area contributed by atoms with E-state index in [2.05, 4.69) is 0 Å². The van der Waals surface area contributed by atoms with Crippen molar-refractivity contribution in [1.82, 2.24) is 0 Å². The standard InChI is InChI=1S/C19H14Cl2F3NO3/c1-27-16-12(20)6-10(7-13(16)21)17(26)25-9-18(4-5-18)28-15-3-2-11(8-14(15)25)19(22,23)24/h2-3,6-8H,4-5,9H2,1H3. The summed E-state index contributed by atoms with van der Waals surface area (Å²) in [5.74, 6) is -0.0438. The Bertz CT molecular complexity index is 950. The fourth-order valence-corrected chi connectivity index (χ4v) is 3.89. The number of carbonyl (C=O) groups excluding carboxylic acids is 1. The number of fused-ring (bicyclic) bond motifs is 1. The zero-order valence-electron chi connectivity index (χ0n) is 14.6. The van der Waals surface area contributed by atoms with E-state index in [0.29, 0.717) is 0 Å². The lowest BCUT2D eigenvalue weighted by atomic mass is 10.1. The van der Waals surface area contributed by atoms with Crippen LogP contribution in [0.1, 0.15) is 28.8 Å². The minimum absolute atomic E-state index is 0.0698. The maximum absolute atomic E-state index is 13.2. The van der Waals surface area contributed by atoms with E-state index in [1.54, 1.807) is 0 Å². The molecule has 0 saturated heterocycles. The van der Waals surface area contributed by atoms with Gasteiger partial charge < -0.3 is 14.4 Å². The highest BCUT2D eigenvalue weighted by atomic mass is 35.5. The molecule has 148 valence electrons. The number of halogens is 5. The summed E-state index contributed by atoms with van der Waals surface area (Å²) in [6.07, 6.45) is -3.09. The molecule has 1 heterocycles. The molecular weight excluding hydrogens is 418 g/mol. The summed E-state index contributed by atoms with van der Waals surface area (Å²) in [7, 11) is 1.39. The summed E-state index contributed by atoms with van der Waals surface area (Å²) < 4.78 is 50.4. The molecule has 1 fully saturated rings. The topological polar surface area (TPSA) is 38.8 Å². The van der Waals surface area contributed by atoms with Crippen molar-refractivity contribution >= 4 is 34.8 Å². The lowest BCUT2D eigenvalue weighted by Gasteiger charge is -2.36. The Hall–Kier alpha value is -2.12. The number of hydrogen-bond acceptors (Lipinski definition) is 3. The van der Waals surface area contributed by atoms with E-state index in [-0.39, 0.29) is 39.3 Å². The molecule has 1 amide bonds. The van der Waals surface area contributed by atoms with Crippen molar-refractivity contribution in [2.24, 2.45) is 0 Å². The van der Waals surface area contributed by atoms with Gasteiger partial charge in [-0.1, -0.05) is 23.2 Å². The molecule has 2 aliphatic rings. The predicted octanol–water partition coefficient (Wildman–Crippen LogP) is 5.59. The number of amides is 1. The molecule has 0 atom stereocenters. The van der Waals surface area contributed by atoms with Gasteiger partial charge in [0.05, 0.1) is 35.0 Å². The van der Waals surface area contributed by atoms with E-state index in [1.807, 2.05) is 0 Å². The second kappa shape index (κ2) is 6.46. The van der Waals surface area contributed by atoms with Gasteiger partial charge >= 0.3 is 6.18 Å². The molecule has 0 bridgehead atoms. The summed E-state index contributed by atoms with van der Waals surface area (Å²) in [6, 6.07) is 5.90. The monoisotopic (exact) mass is 431 g/mol. The third-order valence-corrected chi connectivity index (χ3v) is 5.41. The van der Waals surface area contributed by atoms with Gasteiger partial charge in [-0.3, -0.25) is 4.79 Å². The van der Waals surface area contributed by atoms with Crippen LogP contribution in [-0.4, -0.2) is 25.2 Å². The third-order valence-electron chi connectivity index (χ3n) is 4.85. The van der Waals surface area contributed by atoms with Crippen LogP contribution in [-0.2, 0) is 6.18 Å². The first-order chi connectivity index (χ1) is 13.1. The average Bonchev–Trinajstić information content (AvgIpc) is 3.37. The van der Waals surface area contributed by atoms with Crippen molar-refractivity contribution in [3.05, 3.63) is 51.5 Å². The predicted molar refractivity (Wildman–Crippen MR) is 98.7 cm³/mol. The van der Waals surface area contributed by atoms with E-state index in [9.17, 15) is 18.0 Å². The molecule has 2 aromatic rings. The van der Waals surface area contributed by atoms with Gasteiger partial charge in [0.15, 0.2) is 5.75 Å². The molecule has 1 spiro atoms. The molecule has 2 aromatic carbocycles. The summed E-state index contributed by atoms with van der Waals surface area (Å²) >= 11 is 12.2. The van der Waals surface area contributed by atoms with Gasteiger partial charge in [0.1, 0.15) is 11.4 Å². The molecule has 1 saturated carbocycles. The SMILES string of the molecule is COc1c(Cl)cc(C(=O)N2CC3(CC3)Oc3ccc(C(F)(F)F)cc32)cc1Cl. The molecule has 4 rings (SSSR count). The van der Waals surface area contributed by atoms with Crippen LogP contribution >= 0.6 is 23.2 Å². The minimum Gasteiger partial charge on any atom is -0.494 e. The fraction of sp³-hybridized carbons (Fsp3) is 0.316. The first kappa shape index (κ1) is 19.2. The quantitative estimate of drug-likeness (QED) is 0.621. The van der Waals surface area contributed by atoms with Crippen LogP contribution in [0.25, 0.3) is 0 Å². The fourth-order valence-electron chi connectivity index (χ4n) is 3.24. The minimum atomic E-state index is -4.54. The van der Waals surface area contributed by atoms with Crippen LogP contribution in [0, 0.1) is 0 Å². The molecule has 9 heteroatoms. The summed E-state index contributed by atoms with van der Waals surface area (Å²) in [5, 5.41) is 0.272. The number of nitrogens with zero attached hydrogens (tertiary/aromatic N) is 1. The number of methoxy groups -OCH3 is 1. The van der Waals surface area contributed by atoms with Crippen molar-refractivity contribution in [2.75, 3.05) is 18.6 Å². The van der Waals surface area contributed by atoms with Gasteiger partial charge in [-0.15, -0.1) is 0 Å². The lowest BCUT2D eigenvalue weighted by Crippen LogP contribution is -2.45. The number of rotatable bonds is 2. The van der Waals surface area contributed by atoms with Gasteiger partial charge in [0.25, 0.3) is 5.91 Å². The molecule has 28 heavy (non-hydrogen) atoms. The van der Waals surface area contributed by atoms with Crippen LogP contribution in [0.2, 0.25) is 10.0 Å². The van der Waals surface area contributed by atoms with E-state index in [1.165, 1.54) is 30.2 Å². The Morgan fingerprint density at radius 2 is 1.82 bits per heavy atom. The van der Waals surface area contributed by atoms with Crippen molar-refractivity contribution in [1.29, 1.82) is 0 Å². The Morgan fingerprint density at radius 1 is 1.18 bits per heavy atom. The zero-order chi connectivity index (χ0) is 20.3. The first-order valence-corrected chi connectivity index (χ1v) is 9.14. The highest BCUT2D eigenvalue weighted by molar-refractivity contribution is 6.37. The maximum Gasteiger partial charge on any atom is 0.416 e. The normalized spacial score (nSPS) is 17.1. The molecule has 1 aliphatic carbocycles. The molecular formula is C19H14Cl2F3NO3. The zero-order valence-corrected chi connectivity index (χ0v) is 16.1. The Balaban J connectivity index is 1.78. The summed E-state index contributed by atoms with van der Waals surface area (Å²) in [6.45, 7) is 0.154. The van der Waals surface area contributed by atoms with Crippen LogP contribution in [0.3, 0.4) is 0 Å². The Labute approximate surface area is 168 Å². The largest absolute Gasteiger partial charge is 0.494 e. The maximum atomic E-state index is 13.2. The smallest absolute Gasteiger partial charge is 0.416 e. The van der Waals surface area contributed by atoms with Crippen LogP contribution in [0.4, 0.5) is 18.9 Å². The number of benzene rings is 2. The average molecular weight is 432 g/mol. The van der Waals surface area contributed by atoms with Gasteiger partial charge in [0, 0.05) is 5.56 Å². The number of carbonyl (C=O) groups is 1. The second-order valence-corrected chi connectivity index (χ2v) is 7.64. The number of anilines is 1. The van der Waals surface area contributed by atoms with Crippen molar-refractivity contribution in [2.45, 2.75) is 24.6 Å². The van der Waals surface area contributed by atoms with Gasteiger partial charge in [-0.25, -0.2) is 0 Å². The van der Waals surface area contributed by atoms with E-state index in [4.69, 9.17) is 32.7 Å². The Kier molecular flexibility index (Phi) is 4.43. The van der Waals surface area contributed by atoms with Crippen LogP contribution in [0.15, 0.2) is 30.3 Å². The molecule has 0 unspecified atom stereocenters. The summed E-state index contributed by atoms with van der Waals surface area (Å²) in [4.78, 5) is 14.5. The van der Waals surface area contributed by atoms with Gasteiger partial charge in [0.2, 0.25) is 0 Å². The summed E-state index contributed by atoms with van der Waals surface area (Å²) in [5.41, 5.74) is -1.19. The van der Waals surface area contributed by atoms with Crippen molar-refractivity contribution < 1.29 is 27.4 Å². The molecule has 0 N–H and O–H groups in total. The molecule has 4 nitrogen and oxygen atoms in total. The third kappa shape index (κ3) is 3.26. The van der Waals surface area contributed by atoms with Crippen molar-refractivity contribution in [3.8, 4) is 11.5 Å². The number of alkyl halides is 3. The molecule has 1 aliphatic heterocycles. The molecule has 0 radical (unpaired) electrons. The lowest BCUT2D eigenvalue weighted by molar-refractivity contribution is -0.137. The van der Waals surface area contributed by atoms with Crippen LogP contribution < -0.4 is 14.4 Å². The van der Waals surface area contributed by atoms with E-state index < -0.39 is 23.2 Å². The highest BCUT2D eigenvalue weighted by Crippen LogP contribution is 2.50. The Morgan fingerprint density at radius 3 is 2.36 bits per heavy atom. The molecule has 0 aromatic heterocycles. The first-order valence-electron chi connectivity index (χ1n) is 8.39. The highest BCUT2D eigenvalue weighted by Gasteiger charge is 2.51. The van der Waals surface area contributed by atoms with Gasteiger partial charge in [-0.2, -0.15) is 13.2 Å².